The molecule has 2 aromatic heterocycles. The summed E-state index contributed by atoms with van der Waals surface area (Å²) in [5, 5.41) is 9.76. The molecule has 0 fully saturated rings. The third kappa shape index (κ3) is 2.69. The molecule has 0 saturated carbocycles. The Bertz CT molecular complexity index is 629. The highest BCUT2D eigenvalue weighted by atomic mass is 35.5. The van der Waals surface area contributed by atoms with Gasteiger partial charge in [0.05, 0.1) is 16.3 Å². The van der Waals surface area contributed by atoms with Crippen LogP contribution >= 0.6 is 11.6 Å². The van der Waals surface area contributed by atoms with Crippen molar-refractivity contribution in [1.29, 1.82) is 5.26 Å². The monoisotopic (exact) mass is 289 g/mol. The first-order valence-corrected chi connectivity index (χ1v) is 6.76. The fourth-order valence-corrected chi connectivity index (χ4v) is 2.65. The molecule has 4 nitrogen and oxygen atoms in total. The lowest BCUT2D eigenvalue weighted by Crippen LogP contribution is -2.05. The average molecular weight is 290 g/mol. The fraction of sp³-hybridized carbons (Fsp3) is 0.333. The summed E-state index contributed by atoms with van der Waals surface area (Å²) >= 11 is 6.38. The molecular formula is C15H16ClN3O. The van der Waals surface area contributed by atoms with E-state index in [-0.39, 0.29) is 0 Å². The zero-order chi connectivity index (χ0) is 14.5. The third-order valence-electron chi connectivity index (χ3n) is 3.24. The van der Waals surface area contributed by atoms with Crippen molar-refractivity contribution < 1.29 is 4.74 Å². The van der Waals surface area contributed by atoms with Crippen LogP contribution in [-0.2, 0) is 11.3 Å². The molecular weight excluding hydrogens is 274 g/mol. The standard InChI is InChI=1S/C15H16ClN3O/c1-11-13(9-17)14(16)15(12-5-3-6-18-10-12)19(11)7-4-8-20-2/h3,5-6,10H,4,7-8H2,1-2H3. The number of halogens is 1. The molecule has 2 rings (SSSR count). The number of nitriles is 1. The lowest BCUT2D eigenvalue weighted by atomic mass is 10.2. The van der Waals surface area contributed by atoms with E-state index in [1.165, 1.54) is 0 Å². The van der Waals surface area contributed by atoms with E-state index in [1.807, 2.05) is 19.1 Å². The Balaban J connectivity index is 2.51. The van der Waals surface area contributed by atoms with Gasteiger partial charge in [0.25, 0.3) is 0 Å². The molecule has 104 valence electrons. The number of methoxy groups -OCH3 is 1. The van der Waals surface area contributed by atoms with Crippen LogP contribution in [0.2, 0.25) is 5.02 Å². The van der Waals surface area contributed by atoms with Gasteiger partial charge in [0, 0.05) is 43.9 Å². The van der Waals surface area contributed by atoms with E-state index in [9.17, 15) is 5.26 Å². The first-order chi connectivity index (χ1) is 9.70. The lowest BCUT2D eigenvalue weighted by molar-refractivity contribution is 0.190. The second-order valence-corrected chi connectivity index (χ2v) is 4.85. The van der Waals surface area contributed by atoms with E-state index in [0.717, 1.165) is 29.9 Å². The maximum Gasteiger partial charge on any atom is 0.103 e. The SMILES string of the molecule is COCCCn1c(C)c(C#N)c(Cl)c1-c1cccnc1. The summed E-state index contributed by atoms with van der Waals surface area (Å²) in [7, 11) is 1.68. The summed E-state index contributed by atoms with van der Waals surface area (Å²) in [5.74, 6) is 0. The highest BCUT2D eigenvalue weighted by Crippen LogP contribution is 2.35. The van der Waals surface area contributed by atoms with Crippen molar-refractivity contribution in [2.45, 2.75) is 19.9 Å². The molecule has 0 unspecified atom stereocenters. The quantitative estimate of drug-likeness (QED) is 0.793. The Labute approximate surface area is 123 Å². The molecule has 0 aliphatic carbocycles. The zero-order valence-corrected chi connectivity index (χ0v) is 12.3. The second kappa shape index (κ2) is 6.56. The summed E-state index contributed by atoms with van der Waals surface area (Å²) < 4.78 is 7.16. The van der Waals surface area contributed by atoms with E-state index < -0.39 is 0 Å². The Morgan fingerprint density at radius 1 is 1.50 bits per heavy atom. The maximum absolute atomic E-state index is 9.27. The maximum atomic E-state index is 9.27. The van der Waals surface area contributed by atoms with Gasteiger partial charge in [-0.2, -0.15) is 5.26 Å². The van der Waals surface area contributed by atoms with Gasteiger partial charge in [-0.1, -0.05) is 11.6 Å². The van der Waals surface area contributed by atoms with Gasteiger partial charge in [-0.05, 0) is 25.5 Å². The van der Waals surface area contributed by atoms with Crippen LogP contribution in [-0.4, -0.2) is 23.3 Å². The van der Waals surface area contributed by atoms with Crippen LogP contribution in [0.1, 0.15) is 17.7 Å². The lowest BCUT2D eigenvalue weighted by Gasteiger charge is -2.11. The van der Waals surface area contributed by atoms with Crippen molar-refractivity contribution in [3.05, 3.63) is 40.8 Å². The molecule has 2 heterocycles. The van der Waals surface area contributed by atoms with E-state index in [0.29, 0.717) is 17.2 Å². The largest absolute Gasteiger partial charge is 0.385 e. The molecule has 0 N–H and O–H groups in total. The molecule has 0 atom stereocenters. The third-order valence-corrected chi connectivity index (χ3v) is 3.61. The van der Waals surface area contributed by atoms with Crippen molar-refractivity contribution in [1.82, 2.24) is 9.55 Å². The van der Waals surface area contributed by atoms with Crippen LogP contribution in [0.25, 0.3) is 11.3 Å². The van der Waals surface area contributed by atoms with Crippen LogP contribution in [0.3, 0.4) is 0 Å². The summed E-state index contributed by atoms with van der Waals surface area (Å²) in [4.78, 5) is 4.12. The molecule has 20 heavy (non-hydrogen) atoms. The number of hydrogen-bond acceptors (Lipinski definition) is 3. The molecule has 2 aromatic rings. The first kappa shape index (κ1) is 14.6. The fourth-order valence-electron chi connectivity index (χ4n) is 2.26. The summed E-state index contributed by atoms with van der Waals surface area (Å²) in [6, 6.07) is 5.99. The molecule has 0 aliphatic heterocycles. The van der Waals surface area contributed by atoms with Crippen LogP contribution in [0.15, 0.2) is 24.5 Å². The van der Waals surface area contributed by atoms with Gasteiger partial charge in [-0.15, -0.1) is 0 Å². The van der Waals surface area contributed by atoms with Crippen LogP contribution in [0, 0.1) is 18.3 Å². The van der Waals surface area contributed by atoms with Gasteiger partial charge in [0.2, 0.25) is 0 Å². The van der Waals surface area contributed by atoms with Gasteiger partial charge < -0.3 is 9.30 Å². The average Bonchev–Trinajstić information content (AvgIpc) is 2.71. The van der Waals surface area contributed by atoms with Crippen LogP contribution in [0.5, 0.6) is 0 Å². The number of ether oxygens (including phenoxy) is 1. The van der Waals surface area contributed by atoms with E-state index in [1.54, 1.807) is 19.5 Å². The smallest absolute Gasteiger partial charge is 0.103 e. The van der Waals surface area contributed by atoms with Crippen LogP contribution in [0.4, 0.5) is 0 Å². The van der Waals surface area contributed by atoms with Gasteiger partial charge >= 0.3 is 0 Å². The van der Waals surface area contributed by atoms with Crippen molar-refractivity contribution in [3.63, 3.8) is 0 Å². The summed E-state index contributed by atoms with van der Waals surface area (Å²) in [6.45, 7) is 3.34. The normalized spacial score (nSPS) is 10.5. The van der Waals surface area contributed by atoms with E-state index in [2.05, 4.69) is 15.6 Å². The van der Waals surface area contributed by atoms with Gasteiger partial charge in [0.1, 0.15) is 6.07 Å². The van der Waals surface area contributed by atoms with Crippen molar-refractivity contribution in [2.24, 2.45) is 0 Å². The number of pyridine rings is 1. The molecule has 0 saturated heterocycles. The van der Waals surface area contributed by atoms with Gasteiger partial charge in [-0.3, -0.25) is 4.98 Å². The Kier molecular flexibility index (Phi) is 4.78. The molecule has 0 amide bonds. The Morgan fingerprint density at radius 2 is 2.30 bits per heavy atom. The van der Waals surface area contributed by atoms with Crippen molar-refractivity contribution in [3.8, 4) is 17.3 Å². The second-order valence-electron chi connectivity index (χ2n) is 4.47. The molecule has 0 aliphatic rings. The first-order valence-electron chi connectivity index (χ1n) is 6.38. The molecule has 0 bridgehead atoms. The topological polar surface area (TPSA) is 50.8 Å². The predicted octanol–water partition coefficient (Wildman–Crippen LogP) is 3.42. The van der Waals surface area contributed by atoms with E-state index in [4.69, 9.17) is 16.3 Å². The molecule has 0 aromatic carbocycles. The number of hydrogen-bond donors (Lipinski definition) is 0. The van der Waals surface area contributed by atoms with Crippen molar-refractivity contribution in [2.75, 3.05) is 13.7 Å². The molecule has 0 radical (unpaired) electrons. The van der Waals surface area contributed by atoms with Crippen LogP contribution < -0.4 is 0 Å². The minimum absolute atomic E-state index is 0.496. The Hall–Kier alpha value is -1.83. The minimum atomic E-state index is 0.496. The highest BCUT2D eigenvalue weighted by Gasteiger charge is 2.19. The summed E-state index contributed by atoms with van der Waals surface area (Å²) in [6.07, 6.45) is 4.34. The number of rotatable bonds is 5. The molecule has 5 heteroatoms. The number of aromatic nitrogens is 2. The van der Waals surface area contributed by atoms with Gasteiger partial charge in [-0.25, -0.2) is 0 Å². The highest BCUT2D eigenvalue weighted by molar-refractivity contribution is 6.34. The Morgan fingerprint density at radius 3 is 2.90 bits per heavy atom. The number of nitrogens with zero attached hydrogens (tertiary/aromatic N) is 3. The predicted molar refractivity (Wildman–Crippen MR) is 78.6 cm³/mol. The summed E-state index contributed by atoms with van der Waals surface area (Å²) in [5.41, 5.74) is 3.18. The minimum Gasteiger partial charge on any atom is -0.385 e. The van der Waals surface area contributed by atoms with Crippen molar-refractivity contribution >= 4 is 11.6 Å². The zero-order valence-electron chi connectivity index (χ0n) is 11.6. The van der Waals surface area contributed by atoms with E-state index >= 15 is 0 Å². The molecule has 0 spiro atoms. The van der Waals surface area contributed by atoms with Gasteiger partial charge in [0.15, 0.2) is 0 Å².